The highest BCUT2D eigenvalue weighted by molar-refractivity contribution is 5.97. The summed E-state index contributed by atoms with van der Waals surface area (Å²) >= 11 is 0. The summed E-state index contributed by atoms with van der Waals surface area (Å²) in [6.07, 6.45) is 2.66. The van der Waals surface area contributed by atoms with Crippen molar-refractivity contribution in [1.82, 2.24) is 9.80 Å². The van der Waals surface area contributed by atoms with Gasteiger partial charge in [0.05, 0.1) is 6.10 Å². The Kier molecular flexibility index (Phi) is 5.12. The Labute approximate surface area is 132 Å². The molecule has 1 aliphatic heterocycles. The van der Waals surface area contributed by atoms with Crippen LogP contribution in [0, 0.1) is 11.3 Å². The number of rotatable bonds is 3. The fraction of sp³-hybridized carbons (Fsp3) is 0.875. The van der Waals surface area contributed by atoms with Gasteiger partial charge in [0.25, 0.3) is 0 Å². The van der Waals surface area contributed by atoms with E-state index in [0.29, 0.717) is 26.2 Å². The molecular formula is C16H28N2O4. The largest absolute Gasteiger partial charge is 0.481 e. The van der Waals surface area contributed by atoms with Gasteiger partial charge >= 0.3 is 5.97 Å². The zero-order valence-electron chi connectivity index (χ0n) is 13.8. The van der Waals surface area contributed by atoms with Crippen LogP contribution in [-0.2, 0) is 9.59 Å². The summed E-state index contributed by atoms with van der Waals surface area (Å²) in [6.45, 7) is 7.87. The maximum atomic E-state index is 12.6. The van der Waals surface area contributed by atoms with Crippen molar-refractivity contribution in [2.45, 2.75) is 52.2 Å². The van der Waals surface area contributed by atoms with E-state index in [9.17, 15) is 19.8 Å². The maximum Gasteiger partial charge on any atom is 0.316 e. The molecule has 1 aliphatic carbocycles. The molecule has 2 fully saturated rings. The topological polar surface area (TPSA) is 81.1 Å². The molecule has 22 heavy (non-hydrogen) atoms. The van der Waals surface area contributed by atoms with Crippen molar-refractivity contribution < 1.29 is 19.8 Å². The monoisotopic (exact) mass is 312 g/mol. The molecule has 2 N–H and O–H groups in total. The lowest BCUT2D eigenvalue weighted by Crippen LogP contribution is -2.56. The van der Waals surface area contributed by atoms with Gasteiger partial charge in [-0.25, -0.2) is 0 Å². The van der Waals surface area contributed by atoms with Crippen LogP contribution >= 0.6 is 0 Å². The molecular weight excluding hydrogens is 284 g/mol. The second-order valence-electron chi connectivity index (χ2n) is 7.56. The second-order valence-corrected chi connectivity index (χ2v) is 7.56. The molecule has 0 spiro atoms. The quantitative estimate of drug-likeness (QED) is 0.753. The fourth-order valence-electron chi connectivity index (χ4n) is 3.65. The Morgan fingerprint density at radius 1 is 1.09 bits per heavy atom. The lowest BCUT2D eigenvalue weighted by atomic mass is 9.79. The van der Waals surface area contributed by atoms with Gasteiger partial charge in [-0.1, -0.05) is 20.8 Å². The minimum absolute atomic E-state index is 0.204. The van der Waals surface area contributed by atoms with Crippen LogP contribution in [0.25, 0.3) is 0 Å². The van der Waals surface area contributed by atoms with Crippen LogP contribution in [0.4, 0.5) is 0 Å². The first-order valence-electron chi connectivity index (χ1n) is 8.15. The highest BCUT2D eigenvalue weighted by Gasteiger charge is 2.41. The Morgan fingerprint density at radius 3 is 2.09 bits per heavy atom. The molecule has 0 aromatic heterocycles. The van der Waals surface area contributed by atoms with Crippen molar-refractivity contribution in [3.63, 3.8) is 0 Å². The summed E-state index contributed by atoms with van der Waals surface area (Å²) < 4.78 is 0. The lowest BCUT2D eigenvalue weighted by Gasteiger charge is -2.41. The number of amides is 1. The molecule has 1 saturated carbocycles. The van der Waals surface area contributed by atoms with Crippen molar-refractivity contribution in [1.29, 1.82) is 0 Å². The second kappa shape index (κ2) is 6.54. The zero-order valence-corrected chi connectivity index (χ0v) is 13.8. The van der Waals surface area contributed by atoms with Crippen LogP contribution in [0.5, 0.6) is 0 Å². The Bertz CT molecular complexity index is 424. The van der Waals surface area contributed by atoms with E-state index in [2.05, 4.69) is 4.90 Å². The number of carbonyl (C=O) groups excluding carboxylic acids is 1. The highest BCUT2D eigenvalue weighted by atomic mass is 16.4. The predicted molar refractivity (Wildman–Crippen MR) is 82.4 cm³/mol. The van der Waals surface area contributed by atoms with E-state index in [0.717, 1.165) is 19.3 Å². The van der Waals surface area contributed by atoms with Gasteiger partial charge in [0.2, 0.25) is 5.91 Å². The molecule has 6 heteroatoms. The minimum Gasteiger partial charge on any atom is -0.481 e. The van der Waals surface area contributed by atoms with Crippen LogP contribution in [0.2, 0.25) is 0 Å². The van der Waals surface area contributed by atoms with Crippen molar-refractivity contribution in [2.24, 2.45) is 11.3 Å². The molecule has 0 aromatic rings. The first kappa shape index (κ1) is 17.2. The number of carboxylic acids is 1. The molecule has 0 radical (unpaired) electrons. The van der Waals surface area contributed by atoms with Crippen molar-refractivity contribution in [2.75, 3.05) is 26.2 Å². The first-order chi connectivity index (χ1) is 10.2. The molecule has 1 amide bonds. The Hall–Kier alpha value is -1.14. The smallest absolute Gasteiger partial charge is 0.316 e. The molecule has 3 atom stereocenters. The van der Waals surface area contributed by atoms with Gasteiger partial charge in [0, 0.05) is 32.2 Å². The third-order valence-electron chi connectivity index (χ3n) is 4.90. The number of carboxylic acid groups (broad SMARTS) is 1. The SMILES string of the molecule is CC(C)(C)C(C(=O)O)C(=O)N1CCN(C2CCCC2O)CC1. The Balaban J connectivity index is 1.95. The average Bonchev–Trinajstić information content (AvgIpc) is 2.83. The third-order valence-corrected chi connectivity index (χ3v) is 4.90. The van der Waals surface area contributed by atoms with Gasteiger partial charge in [-0.3, -0.25) is 14.5 Å². The van der Waals surface area contributed by atoms with Crippen LogP contribution in [-0.4, -0.2) is 70.2 Å². The summed E-state index contributed by atoms with van der Waals surface area (Å²) in [4.78, 5) is 27.9. The number of piperazine rings is 1. The van der Waals surface area contributed by atoms with E-state index in [4.69, 9.17) is 0 Å². The highest BCUT2D eigenvalue weighted by Crippen LogP contribution is 2.29. The van der Waals surface area contributed by atoms with Gasteiger partial charge in [-0.2, -0.15) is 0 Å². The summed E-state index contributed by atoms with van der Waals surface area (Å²) in [6, 6.07) is 0.204. The van der Waals surface area contributed by atoms with Crippen molar-refractivity contribution >= 4 is 11.9 Å². The van der Waals surface area contributed by atoms with E-state index in [-0.39, 0.29) is 18.1 Å². The standard InChI is InChI=1S/C16H28N2O4/c1-16(2,3)13(15(21)22)14(20)18-9-7-17(8-10-18)11-5-4-6-12(11)19/h11-13,19H,4-10H2,1-3H3,(H,21,22). The van der Waals surface area contributed by atoms with E-state index >= 15 is 0 Å². The number of carbonyl (C=O) groups is 2. The molecule has 0 bridgehead atoms. The van der Waals surface area contributed by atoms with Gasteiger partial charge in [0.1, 0.15) is 5.92 Å². The molecule has 0 aromatic carbocycles. The van der Waals surface area contributed by atoms with Gasteiger partial charge in [0.15, 0.2) is 0 Å². The van der Waals surface area contributed by atoms with E-state index in [1.807, 2.05) is 0 Å². The average molecular weight is 312 g/mol. The number of hydrogen-bond donors (Lipinski definition) is 2. The molecule has 2 rings (SSSR count). The third kappa shape index (κ3) is 3.60. The molecule has 126 valence electrons. The summed E-state index contributed by atoms with van der Waals surface area (Å²) in [7, 11) is 0. The zero-order chi connectivity index (χ0) is 16.5. The summed E-state index contributed by atoms with van der Waals surface area (Å²) in [5.41, 5.74) is -0.596. The van der Waals surface area contributed by atoms with Crippen LogP contribution in [0.1, 0.15) is 40.0 Å². The molecule has 6 nitrogen and oxygen atoms in total. The first-order valence-corrected chi connectivity index (χ1v) is 8.15. The van der Waals surface area contributed by atoms with Gasteiger partial charge < -0.3 is 15.1 Å². The van der Waals surface area contributed by atoms with Crippen molar-refractivity contribution in [3.8, 4) is 0 Å². The van der Waals surface area contributed by atoms with Gasteiger partial charge in [-0.05, 0) is 24.7 Å². The number of nitrogens with zero attached hydrogens (tertiary/aromatic N) is 2. The molecule has 1 heterocycles. The van der Waals surface area contributed by atoms with Crippen LogP contribution < -0.4 is 0 Å². The molecule has 1 saturated heterocycles. The predicted octanol–water partition coefficient (Wildman–Crippen LogP) is 0.791. The normalized spacial score (nSPS) is 28.6. The molecule has 3 unspecified atom stereocenters. The van der Waals surface area contributed by atoms with Crippen molar-refractivity contribution in [3.05, 3.63) is 0 Å². The molecule has 2 aliphatic rings. The minimum atomic E-state index is -1.05. The van der Waals surface area contributed by atoms with Crippen LogP contribution in [0.3, 0.4) is 0 Å². The number of aliphatic hydroxyl groups excluding tert-OH is 1. The van der Waals surface area contributed by atoms with E-state index in [1.165, 1.54) is 0 Å². The number of hydrogen-bond acceptors (Lipinski definition) is 4. The number of aliphatic carboxylic acids is 1. The fourth-order valence-corrected chi connectivity index (χ4v) is 3.65. The number of aliphatic hydroxyl groups is 1. The van der Waals surface area contributed by atoms with Gasteiger partial charge in [-0.15, -0.1) is 0 Å². The lowest BCUT2D eigenvalue weighted by molar-refractivity contribution is -0.157. The summed E-state index contributed by atoms with van der Waals surface area (Å²) in [5.74, 6) is -2.34. The van der Waals surface area contributed by atoms with E-state index in [1.54, 1.807) is 25.7 Å². The maximum absolute atomic E-state index is 12.6. The van der Waals surface area contributed by atoms with Crippen LogP contribution in [0.15, 0.2) is 0 Å². The summed E-state index contributed by atoms with van der Waals surface area (Å²) in [5, 5.41) is 19.4. The van der Waals surface area contributed by atoms with E-state index < -0.39 is 17.3 Å². The Morgan fingerprint density at radius 2 is 1.68 bits per heavy atom.